The molecule has 3 aromatic carbocycles. The Balaban J connectivity index is 1.39. The number of aliphatic hydroxyl groups is 3. The number of aromatic nitrogens is 1. The average Bonchev–Trinajstić information content (AvgIpc) is 4.10. The number of phenols is 1. The average molecular weight is 1330 g/mol. The van der Waals surface area contributed by atoms with E-state index in [1.165, 1.54) is 19.9 Å². The molecule has 85 heavy (non-hydrogen) atoms. The number of amides is 7. The van der Waals surface area contributed by atoms with Gasteiger partial charge in [0.25, 0.3) is 0 Å². The number of para-hydroxylation sites is 1. The summed E-state index contributed by atoms with van der Waals surface area (Å²) in [4.78, 5) is 136. The Morgan fingerprint density at radius 1 is 0.776 bits per heavy atom. The van der Waals surface area contributed by atoms with Crippen LogP contribution in [0, 0.1) is 14.9 Å². The van der Waals surface area contributed by atoms with Crippen LogP contribution >= 0.6 is 44.2 Å². The monoisotopic (exact) mass is 1320 g/mol. The number of hydrogen-bond acceptors (Lipinski definition) is 17. The number of nitrogens with one attached hydrogen (secondary N) is 8. The second kappa shape index (κ2) is 31.8. The minimum absolute atomic E-state index is 0.0399. The quantitative estimate of drug-likeness (QED) is 0.0208. The van der Waals surface area contributed by atoms with E-state index in [1.54, 1.807) is 61.7 Å². The second-order valence-corrected chi connectivity index (χ2v) is 26.1. The molecule has 460 valence electrons. The number of hydrogen-bond donors (Lipinski definition) is 13. The molecule has 2 heterocycles. The predicted molar refractivity (Wildman–Crippen MR) is 332 cm³/mol. The van der Waals surface area contributed by atoms with E-state index in [4.69, 9.17) is 5.73 Å². The maximum Gasteiger partial charge on any atom is 0.245 e. The highest BCUT2D eigenvalue weighted by Crippen LogP contribution is 2.34. The number of aromatic amines is 1. The number of aromatic hydroxyl groups is 1. The summed E-state index contributed by atoms with van der Waals surface area (Å²) in [5.41, 5.74) is 8.83. The molecule has 0 radical (unpaired) electrons. The summed E-state index contributed by atoms with van der Waals surface area (Å²) in [5.74, 6) is -8.07. The minimum atomic E-state index is -1.76. The van der Waals surface area contributed by atoms with Crippen LogP contribution in [-0.4, -0.2) is 169 Å². The third kappa shape index (κ3) is 19.8. The first-order valence-electron chi connectivity index (χ1n) is 28.1. The van der Waals surface area contributed by atoms with E-state index in [-0.39, 0.29) is 80.3 Å². The van der Waals surface area contributed by atoms with E-state index in [2.05, 4.69) is 47.2 Å². The van der Waals surface area contributed by atoms with Gasteiger partial charge in [0.1, 0.15) is 59.5 Å². The molecule has 1 saturated carbocycles. The number of nitrogens with zero attached hydrogens (tertiary/aromatic N) is 1. The number of carbonyl (C=O) groups is 9. The number of H-pyrrole nitrogens is 1. The second-order valence-electron chi connectivity index (χ2n) is 22.4. The van der Waals surface area contributed by atoms with Gasteiger partial charge in [-0.25, -0.2) is 0 Å². The van der Waals surface area contributed by atoms with Gasteiger partial charge in [0.15, 0.2) is 0 Å². The van der Waals surface area contributed by atoms with Gasteiger partial charge in [0.2, 0.25) is 41.4 Å². The molecular formula is C59H77IN10O13S2. The zero-order valence-electron chi connectivity index (χ0n) is 48.0. The normalized spacial score (nSPS) is 23.3. The molecule has 6 rings (SSSR count). The molecule has 0 unspecified atom stereocenters. The molecule has 2 fully saturated rings. The molecule has 10 atom stereocenters. The number of unbranched alkanes of at least 4 members (excludes halogenated alkanes) is 1. The maximum atomic E-state index is 15.1. The van der Waals surface area contributed by atoms with Gasteiger partial charge in [-0.05, 0) is 109 Å². The lowest BCUT2D eigenvalue weighted by Gasteiger charge is -2.31. The Morgan fingerprint density at radius 2 is 1.40 bits per heavy atom. The Hall–Kier alpha value is -6.43. The topological polar surface area (TPSA) is 373 Å². The fourth-order valence-corrected chi connectivity index (χ4v) is 12.9. The SMILES string of the molecule is CC(=NCCCC[C@@H]1NC(=O)[C@@H](Cc2c[nH]c3ccccc23)NC(=O)[C@H](Cc2ccc(O)c(I)c2)NC(=O)[C@@H](NC(=O)[C@H](N)Cc2ccccc2)CSSC[C@@H](C(=O)N[C@@H](CO)[C@@H](C)O)NC(=O)[C@H]([C@@H](C)O)NC1=O)C1C(=O)CC(C)(C)CC1=O. The van der Waals surface area contributed by atoms with Crippen molar-refractivity contribution in [1.82, 2.24) is 42.2 Å². The van der Waals surface area contributed by atoms with Crippen LogP contribution in [0.2, 0.25) is 0 Å². The Morgan fingerprint density at radius 3 is 2.06 bits per heavy atom. The number of aliphatic hydroxyl groups excluding tert-OH is 3. The van der Waals surface area contributed by atoms with Crippen LogP contribution in [0.25, 0.3) is 10.9 Å². The number of Topliss-reactive ketones (excluding diaryl/α,β-unsaturated/α-hetero) is 2. The lowest BCUT2D eigenvalue weighted by atomic mass is 9.70. The molecule has 1 aliphatic carbocycles. The minimum Gasteiger partial charge on any atom is -0.507 e. The Bertz CT molecular complexity index is 3050. The van der Waals surface area contributed by atoms with Crippen molar-refractivity contribution < 1.29 is 63.6 Å². The molecule has 1 saturated heterocycles. The molecule has 0 bridgehead atoms. The van der Waals surface area contributed by atoms with Gasteiger partial charge in [-0.2, -0.15) is 0 Å². The summed E-state index contributed by atoms with van der Waals surface area (Å²) in [5, 5.41) is 61.3. The van der Waals surface area contributed by atoms with Crippen molar-refractivity contribution in [2.45, 2.75) is 147 Å². The smallest absolute Gasteiger partial charge is 0.245 e. The number of carbonyl (C=O) groups excluding carboxylic acids is 9. The molecule has 2 aliphatic rings. The van der Waals surface area contributed by atoms with Gasteiger partial charge in [0.05, 0.1) is 34.5 Å². The third-order valence-corrected chi connectivity index (χ3v) is 18.0. The van der Waals surface area contributed by atoms with Crippen molar-refractivity contribution in [3.8, 4) is 5.75 Å². The number of fused-ring (bicyclic) bond motifs is 1. The highest BCUT2D eigenvalue weighted by molar-refractivity contribution is 14.1. The van der Waals surface area contributed by atoms with Gasteiger partial charge < -0.3 is 68.4 Å². The number of rotatable bonds is 19. The number of halogens is 1. The van der Waals surface area contributed by atoms with E-state index < -0.39 is 120 Å². The number of benzene rings is 3. The van der Waals surface area contributed by atoms with Gasteiger partial charge >= 0.3 is 0 Å². The van der Waals surface area contributed by atoms with E-state index in [0.717, 1.165) is 27.2 Å². The predicted octanol–water partition coefficient (Wildman–Crippen LogP) is 1.58. The van der Waals surface area contributed by atoms with Gasteiger partial charge in [-0.15, -0.1) is 0 Å². The maximum absolute atomic E-state index is 15.1. The van der Waals surface area contributed by atoms with Crippen molar-refractivity contribution in [2.24, 2.45) is 22.1 Å². The van der Waals surface area contributed by atoms with Crippen LogP contribution in [-0.2, 0) is 62.4 Å². The van der Waals surface area contributed by atoms with E-state index >= 15 is 9.59 Å². The molecule has 4 aromatic rings. The number of aliphatic imine (C=N–C) groups is 1. The summed E-state index contributed by atoms with van der Waals surface area (Å²) >= 11 is 1.92. The molecule has 1 aromatic heterocycles. The molecule has 7 amide bonds. The first-order chi connectivity index (χ1) is 40.3. The summed E-state index contributed by atoms with van der Waals surface area (Å²) in [6.45, 7) is 7.34. The molecule has 0 spiro atoms. The molecular weight excluding hydrogens is 1250 g/mol. The van der Waals surface area contributed by atoms with Gasteiger partial charge in [-0.1, -0.05) is 90.0 Å². The third-order valence-electron chi connectivity index (χ3n) is 14.7. The van der Waals surface area contributed by atoms with Crippen molar-refractivity contribution in [2.75, 3.05) is 24.7 Å². The molecule has 26 heteroatoms. The van der Waals surface area contributed by atoms with Crippen LogP contribution in [0.5, 0.6) is 5.75 Å². The van der Waals surface area contributed by atoms with E-state index in [1.807, 2.05) is 54.6 Å². The highest BCUT2D eigenvalue weighted by atomic mass is 127. The van der Waals surface area contributed by atoms with E-state index in [0.29, 0.717) is 37.7 Å². The number of ketones is 2. The van der Waals surface area contributed by atoms with Crippen LogP contribution < -0.4 is 43.0 Å². The number of nitrogens with two attached hydrogens (primary N) is 1. The van der Waals surface area contributed by atoms with Crippen LogP contribution in [0.3, 0.4) is 0 Å². The first kappa shape index (κ1) is 67.7. The Kier molecular flexibility index (Phi) is 25.3. The Labute approximate surface area is 514 Å². The molecule has 14 N–H and O–H groups in total. The summed E-state index contributed by atoms with van der Waals surface area (Å²) in [6, 6.07) is 9.35. The summed E-state index contributed by atoms with van der Waals surface area (Å²) in [7, 11) is 1.97. The number of phenolic OH excluding ortho intramolecular Hbond substituents is 1. The van der Waals surface area contributed by atoms with Crippen LogP contribution in [0.15, 0.2) is 84.0 Å². The summed E-state index contributed by atoms with van der Waals surface area (Å²) < 4.78 is 0.430. The standard InChI is InChI=1S/C59H77IN10O13S2/c1-31(50-48(75)25-59(4,5)26-49(50)76)62-20-12-11-17-41-53(78)70-51(33(3)73)58(83)69-46(57(82)67-44(28-71)32(2)72)30-85-84-29-45(68-52(77)39(61)22-34-13-7-6-8-14-34)56(81)65-42(23-35-18-19-47(74)38(60)21-35)54(79)66-43(55(80)64-41)24-36-27-63-40-16-10-9-15-37(36)40/h6-10,13-16,18-19,21,27,32-33,39,41-46,50-51,63,71-74H,11-12,17,20,22-26,28-30,61H2,1-5H3,(H,64,80)(H,65,81)(H,66,79)(H,67,82)(H,68,77)(H,69,83)(H,70,78)/t32-,33-,39-,41+,42+,43-,44+,45+,46+,51+/m1/s1. The van der Waals surface area contributed by atoms with Gasteiger partial charge in [0, 0.05) is 66.5 Å². The lowest BCUT2D eigenvalue weighted by Crippen LogP contribution is -2.62. The largest absolute Gasteiger partial charge is 0.507 e. The summed E-state index contributed by atoms with van der Waals surface area (Å²) in [6.07, 6.45) is -0.639. The highest BCUT2D eigenvalue weighted by Gasteiger charge is 2.41. The van der Waals surface area contributed by atoms with E-state index in [9.17, 15) is 54.0 Å². The fourth-order valence-electron chi connectivity index (χ4n) is 9.96. The van der Waals surface area contributed by atoms with Crippen molar-refractivity contribution in [1.29, 1.82) is 0 Å². The van der Waals surface area contributed by atoms with Gasteiger partial charge in [-0.3, -0.25) is 48.1 Å². The molecule has 1 aliphatic heterocycles. The van der Waals surface area contributed by atoms with Crippen LogP contribution in [0.4, 0.5) is 0 Å². The zero-order chi connectivity index (χ0) is 62.1. The lowest BCUT2D eigenvalue weighted by molar-refractivity contribution is -0.136. The fraction of sp³-hybridized carbons (Fsp3) is 0.492. The molecule has 23 nitrogen and oxygen atoms in total. The zero-order valence-corrected chi connectivity index (χ0v) is 51.8. The van der Waals surface area contributed by atoms with Crippen molar-refractivity contribution in [3.05, 3.63) is 99.3 Å². The van der Waals surface area contributed by atoms with Crippen molar-refractivity contribution in [3.63, 3.8) is 0 Å². The van der Waals surface area contributed by atoms with Crippen LogP contribution in [0.1, 0.15) is 83.4 Å². The first-order valence-corrected chi connectivity index (χ1v) is 31.6. The van der Waals surface area contributed by atoms with Crippen molar-refractivity contribution >= 4 is 114 Å².